The average Bonchev–Trinajstić information content (AvgIpc) is 2.72. The van der Waals surface area contributed by atoms with Gasteiger partial charge in [-0.25, -0.2) is 0 Å². The largest absolute Gasteiger partial charge is 0.466 e. The smallest absolute Gasteiger partial charge is 0.312 e. The molecule has 0 aromatic heterocycles. The van der Waals surface area contributed by atoms with Crippen molar-refractivity contribution in [2.45, 2.75) is 59.4 Å². The first-order chi connectivity index (χ1) is 13.4. The third kappa shape index (κ3) is 6.31. The van der Waals surface area contributed by atoms with Gasteiger partial charge >= 0.3 is 11.9 Å². The van der Waals surface area contributed by atoms with Crippen LogP contribution in [0.5, 0.6) is 0 Å². The van der Waals surface area contributed by atoms with Gasteiger partial charge in [-0.05, 0) is 25.7 Å². The van der Waals surface area contributed by atoms with Crippen molar-refractivity contribution in [3.05, 3.63) is 35.9 Å². The summed E-state index contributed by atoms with van der Waals surface area (Å²) in [6.07, 6.45) is 1.22. The van der Waals surface area contributed by atoms with E-state index in [4.69, 9.17) is 18.9 Å². The van der Waals surface area contributed by atoms with Gasteiger partial charge in [0.2, 0.25) is 0 Å². The molecule has 0 N–H and O–H groups in total. The van der Waals surface area contributed by atoms with Crippen LogP contribution in [0.15, 0.2) is 30.3 Å². The molecule has 0 spiro atoms. The lowest BCUT2D eigenvalue weighted by Gasteiger charge is -2.34. The lowest BCUT2D eigenvalue weighted by molar-refractivity contribution is -0.233. The van der Waals surface area contributed by atoms with Gasteiger partial charge in [-0.3, -0.25) is 9.59 Å². The van der Waals surface area contributed by atoms with Gasteiger partial charge in [0.1, 0.15) is 6.10 Å². The van der Waals surface area contributed by atoms with Crippen LogP contribution in [0.3, 0.4) is 0 Å². The predicted molar refractivity (Wildman–Crippen MR) is 104 cm³/mol. The fraction of sp³-hybridized carbons (Fsp3) is 0.636. The summed E-state index contributed by atoms with van der Waals surface area (Å²) < 4.78 is 22.3. The Morgan fingerprint density at radius 3 is 2.36 bits per heavy atom. The molecule has 1 aliphatic rings. The Labute approximate surface area is 167 Å². The lowest BCUT2D eigenvalue weighted by Crippen LogP contribution is -2.40. The molecule has 0 saturated carbocycles. The molecular weight excluding hydrogens is 360 g/mol. The van der Waals surface area contributed by atoms with E-state index in [2.05, 4.69) is 0 Å². The summed E-state index contributed by atoms with van der Waals surface area (Å²) in [6.45, 7) is 8.23. The van der Waals surface area contributed by atoms with Crippen molar-refractivity contribution in [2.24, 2.45) is 11.3 Å². The number of ether oxygens (including phenoxy) is 4. The molecule has 2 unspecified atom stereocenters. The van der Waals surface area contributed by atoms with Crippen molar-refractivity contribution in [2.75, 3.05) is 19.8 Å². The number of carbonyl (C=O) groups excluding carboxylic acids is 2. The second kappa shape index (κ2) is 10.6. The van der Waals surface area contributed by atoms with Crippen LogP contribution in [0, 0.1) is 11.3 Å². The van der Waals surface area contributed by atoms with E-state index in [9.17, 15) is 9.59 Å². The van der Waals surface area contributed by atoms with Crippen molar-refractivity contribution in [1.82, 2.24) is 0 Å². The zero-order valence-corrected chi connectivity index (χ0v) is 17.3. The minimum atomic E-state index is -0.642. The molecule has 1 aliphatic heterocycles. The molecular formula is C22H32O6. The predicted octanol–water partition coefficient (Wildman–Crippen LogP) is 4.04. The van der Waals surface area contributed by atoms with E-state index in [1.807, 2.05) is 51.1 Å². The standard InChI is InChI=1S/C22H32O6/c1-5-17(13-25-16(3)23)12-22(4,6-2)21(24)28-19-14-26-20(27-15-19)18-10-8-7-9-11-18/h7-11,17,19-20H,5-6,12-15H2,1-4H3. The van der Waals surface area contributed by atoms with Gasteiger partial charge in [0.15, 0.2) is 6.29 Å². The minimum absolute atomic E-state index is 0.114. The highest BCUT2D eigenvalue weighted by Crippen LogP contribution is 2.34. The third-order valence-electron chi connectivity index (χ3n) is 5.32. The average molecular weight is 392 g/mol. The Kier molecular flexibility index (Phi) is 8.45. The summed E-state index contributed by atoms with van der Waals surface area (Å²) in [7, 11) is 0. The molecule has 2 atom stereocenters. The SMILES string of the molecule is CCC(COC(C)=O)CC(C)(CC)C(=O)OC1COC(c2ccccc2)OC1. The van der Waals surface area contributed by atoms with Crippen LogP contribution in [0.4, 0.5) is 0 Å². The summed E-state index contributed by atoms with van der Waals surface area (Å²) in [5.41, 5.74) is 0.304. The second-order valence-corrected chi connectivity index (χ2v) is 7.63. The quantitative estimate of drug-likeness (QED) is 0.591. The summed E-state index contributed by atoms with van der Waals surface area (Å²) in [5, 5.41) is 0. The van der Waals surface area contributed by atoms with E-state index < -0.39 is 17.8 Å². The van der Waals surface area contributed by atoms with Gasteiger partial charge in [-0.15, -0.1) is 0 Å². The molecule has 156 valence electrons. The number of esters is 2. The molecule has 1 aromatic carbocycles. The van der Waals surface area contributed by atoms with Gasteiger partial charge in [0, 0.05) is 12.5 Å². The van der Waals surface area contributed by atoms with Gasteiger partial charge in [0.05, 0.1) is 25.2 Å². The monoisotopic (exact) mass is 392 g/mol. The zero-order chi connectivity index (χ0) is 20.6. The van der Waals surface area contributed by atoms with Crippen LogP contribution in [-0.4, -0.2) is 37.9 Å². The lowest BCUT2D eigenvalue weighted by atomic mass is 9.78. The molecule has 6 heteroatoms. The maximum atomic E-state index is 12.9. The maximum Gasteiger partial charge on any atom is 0.312 e. The van der Waals surface area contributed by atoms with Gasteiger partial charge in [-0.2, -0.15) is 0 Å². The summed E-state index contributed by atoms with van der Waals surface area (Å²) in [4.78, 5) is 23.9. The highest BCUT2D eigenvalue weighted by atomic mass is 16.7. The molecule has 0 bridgehead atoms. The van der Waals surface area contributed by atoms with Crippen LogP contribution in [-0.2, 0) is 28.5 Å². The maximum absolute atomic E-state index is 12.9. The molecule has 28 heavy (non-hydrogen) atoms. The van der Waals surface area contributed by atoms with Crippen molar-refractivity contribution >= 4 is 11.9 Å². The zero-order valence-electron chi connectivity index (χ0n) is 17.3. The van der Waals surface area contributed by atoms with Crippen LogP contribution >= 0.6 is 0 Å². The molecule has 1 aromatic rings. The summed E-state index contributed by atoms with van der Waals surface area (Å²) in [5.74, 6) is -0.446. The first kappa shape index (κ1) is 22.4. The van der Waals surface area contributed by atoms with Crippen molar-refractivity contribution in [3.63, 3.8) is 0 Å². The van der Waals surface area contributed by atoms with Crippen LogP contribution < -0.4 is 0 Å². The van der Waals surface area contributed by atoms with Crippen LogP contribution in [0.1, 0.15) is 58.8 Å². The molecule has 2 rings (SSSR count). The fourth-order valence-corrected chi connectivity index (χ4v) is 3.22. The normalized spacial score (nSPS) is 22.7. The molecule has 1 saturated heterocycles. The number of hydrogen-bond acceptors (Lipinski definition) is 6. The third-order valence-corrected chi connectivity index (χ3v) is 5.32. The van der Waals surface area contributed by atoms with Gasteiger partial charge in [-0.1, -0.05) is 50.6 Å². The molecule has 6 nitrogen and oxygen atoms in total. The minimum Gasteiger partial charge on any atom is -0.466 e. The summed E-state index contributed by atoms with van der Waals surface area (Å²) >= 11 is 0. The summed E-state index contributed by atoms with van der Waals surface area (Å²) in [6, 6.07) is 9.69. The number of carbonyl (C=O) groups is 2. The van der Waals surface area contributed by atoms with E-state index in [1.54, 1.807) is 0 Å². The highest BCUT2D eigenvalue weighted by molar-refractivity contribution is 5.76. The topological polar surface area (TPSA) is 71.1 Å². The van der Waals surface area contributed by atoms with Crippen molar-refractivity contribution in [3.8, 4) is 0 Å². The van der Waals surface area contributed by atoms with E-state index in [1.165, 1.54) is 6.92 Å². The Balaban J connectivity index is 1.88. The van der Waals surface area contributed by atoms with E-state index >= 15 is 0 Å². The number of rotatable bonds is 9. The van der Waals surface area contributed by atoms with E-state index in [-0.39, 0.29) is 17.9 Å². The van der Waals surface area contributed by atoms with E-state index in [0.717, 1.165) is 12.0 Å². The van der Waals surface area contributed by atoms with Crippen LogP contribution in [0.25, 0.3) is 0 Å². The van der Waals surface area contributed by atoms with Crippen molar-refractivity contribution < 1.29 is 28.5 Å². The molecule has 0 amide bonds. The first-order valence-corrected chi connectivity index (χ1v) is 10.0. The number of benzene rings is 1. The van der Waals surface area contributed by atoms with Crippen LogP contribution in [0.2, 0.25) is 0 Å². The van der Waals surface area contributed by atoms with Crippen molar-refractivity contribution in [1.29, 1.82) is 0 Å². The van der Waals surface area contributed by atoms with Gasteiger partial charge in [0.25, 0.3) is 0 Å². The molecule has 1 heterocycles. The first-order valence-electron chi connectivity index (χ1n) is 10.0. The Morgan fingerprint density at radius 2 is 1.82 bits per heavy atom. The number of hydrogen-bond donors (Lipinski definition) is 0. The Hall–Kier alpha value is -1.92. The fourth-order valence-electron chi connectivity index (χ4n) is 3.22. The molecule has 0 radical (unpaired) electrons. The Morgan fingerprint density at radius 1 is 1.18 bits per heavy atom. The highest BCUT2D eigenvalue weighted by Gasteiger charge is 2.38. The van der Waals surface area contributed by atoms with Gasteiger partial charge < -0.3 is 18.9 Å². The molecule has 0 aliphatic carbocycles. The Bertz CT molecular complexity index is 623. The molecule has 1 fully saturated rings. The van der Waals surface area contributed by atoms with E-state index in [0.29, 0.717) is 32.7 Å². The second-order valence-electron chi connectivity index (χ2n) is 7.63.